The Kier molecular flexibility index (Phi) is 4.65. The van der Waals surface area contributed by atoms with Crippen molar-refractivity contribution >= 4 is 27.8 Å². The van der Waals surface area contributed by atoms with Crippen molar-refractivity contribution in [1.82, 2.24) is 5.32 Å². The van der Waals surface area contributed by atoms with Gasteiger partial charge in [-0.3, -0.25) is 9.59 Å². The average Bonchev–Trinajstić information content (AvgIpc) is 2.34. The first-order chi connectivity index (χ1) is 9.52. The number of carbonyl (C=O) groups is 2. The minimum absolute atomic E-state index is 0.185. The summed E-state index contributed by atoms with van der Waals surface area (Å²) >= 11 is 3.38. The van der Waals surface area contributed by atoms with Crippen LogP contribution in [0.3, 0.4) is 0 Å². The number of hydrogen-bond acceptors (Lipinski definition) is 3. The molecule has 1 aliphatic rings. The number of carbonyl (C=O) groups excluding carboxylic acids is 1. The van der Waals surface area contributed by atoms with Gasteiger partial charge < -0.3 is 15.2 Å². The molecule has 0 aromatic heterocycles. The third-order valence-corrected chi connectivity index (χ3v) is 4.23. The second kappa shape index (κ2) is 6.26. The molecule has 2 N–H and O–H groups in total. The molecule has 2 unspecified atom stereocenters. The van der Waals surface area contributed by atoms with Crippen molar-refractivity contribution in [1.29, 1.82) is 0 Å². The Morgan fingerprint density at radius 3 is 2.60 bits per heavy atom. The second-order valence-electron chi connectivity index (χ2n) is 4.82. The lowest BCUT2D eigenvalue weighted by Gasteiger charge is -2.31. The molecule has 1 aromatic rings. The fraction of sp³-hybridized carbons (Fsp3) is 0.429. The summed E-state index contributed by atoms with van der Waals surface area (Å²) < 4.78 is 5.95. The van der Waals surface area contributed by atoms with Gasteiger partial charge in [0, 0.05) is 6.54 Å². The summed E-state index contributed by atoms with van der Waals surface area (Å²) in [6.45, 7) is 0.379. The Balaban J connectivity index is 1.90. The number of nitrogens with one attached hydrogen (secondary N) is 1. The standard InChI is InChI=1S/C14H16BrNO4/c1-20-12-5-2-8(6-11(12)15)7-16-13(17)9-3-4-10(9)14(18)19/h2,5-6,9-10H,3-4,7H2,1H3,(H,16,17)(H,18,19). The van der Waals surface area contributed by atoms with Crippen LogP contribution >= 0.6 is 15.9 Å². The van der Waals surface area contributed by atoms with Crippen LogP contribution in [0.2, 0.25) is 0 Å². The van der Waals surface area contributed by atoms with Crippen LogP contribution in [0.4, 0.5) is 0 Å². The maximum Gasteiger partial charge on any atom is 0.307 e. The highest BCUT2D eigenvalue weighted by Gasteiger charge is 2.41. The zero-order valence-electron chi connectivity index (χ0n) is 11.1. The molecule has 1 aromatic carbocycles. The molecule has 1 amide bonds. The van der Waals surface area contributed by atoms with Gasteiger partial charge in [0.2, 0.25) is 5.91 Å². The van der Waals surface area contributed by atoms with E-state index in [2.05, 4.69) is 21.2 Å². The number of rotatable bonds is 5. The van der Waals surface area contributed by atoms with Crippen molar-refractivity contribution in [2.75, 3.05) is 7.11 Å². The maximum atomic E-state index is 11.9. The number of amides is 1. The normalized spacial score (nSPS) is 20.9. The molecule has 0 aliphatic heterocycles. The number of benzene rings is 1. The van der Waals surface area contributed by atoms with E-state index in [0.29, 0.717) is 19.4 Å². The highest BCUT2D eigenvalue weighted by molar-refractivity contribution is 9.10. The van der Waals surface area contributed by atoms with Crippen molar-refractivity contribution in [3.8, 4) is 5.75 Å². The van der Waals surface area contributed by atoms with Gasteiger partial charge in [0.15, 0.2) is 0 Å². The van der Waals surface area contributed by atoms with Crippen LogP contribution in [0.1, 0.15) is 18.4 Å². The Hall–Kier alpha value is -1.56. The van der Waals surface area contributed by atoms with Gasteiger partial charge in [0.1, 0.15) is 5.75 Å². The van der Waals surface area contributed by atoms with Gasteiger partial charge in [-0.05, 0) is 46.5 Å². The quantitative estimate of drug-likeness (QED) is 0.860. The predicted molar refractivity (Wildman–Crippen MR) is 76.4 cm³/mol. The van der Waals surface area contributed by atoms with Crippen LogP contribution in [0.25, 0.3) is 0 Å². The maximum absolute atomic E-state index is 11.9. The molecule has 6 heteroatoms. The summed E-state index contributed by atoms with van der Waals surface area (Å²) in [7, 11) is 1.59. The van der Waals surface area contributed by atoms with E-state index in [4.69, 9.17) is 9.84 Å². The van der Waals surface area contributed by atoms with Crippen LogP contribution in [0.15, 0.2) is 22.7 Å². The Bertz CT molecular complexity index is 532. The first-order valence-electron chi connectivity index (χ1n) is 6.36. The molecule has 0 saturated heterocycles. The van der Waals surface area contributed by atoms with Gasteiger partial charge in [-0.1, -0.05) is 6.07 Å². The van der Waals surface area contributed by atoms with Crippen molar-refractivity contribution in [3.05, 3.63) is 28.2 Å². The number of hydrogen-bond donors (Lipinski definition) is 2. The number of carboxylic acid groups (broad SMARTS) is 1. The molecule has 0 radical (unpaired) electrons. The summed E-state index contributed by atoms with van der Waals surface area (Å²) in [6.07, 6.45) is 1.23. The van der Waals surface area contributed by atoms with Crippen molar-refractivity contribution in [3.63, 3.8) is 0 Å². The lowest BCUT2D eigenvalue weighted by atomic mass is 9.73. The first-order valence-corrected chi connectivity index (χ1v) is 7.15. The van der Waals surface area contributed by atoms with Crippen molar-refractivity contribution in [2.24, 2.45) is 11.8 Å². The van der Waals surface area contributed by atoms with Crippen LogP contribution in [0.5, 0.6) is 5.75 Å². The summed E-state index contributed by atoms with van der Waals surface area (Å²) in [6, 6.07) is 5.54. The zero-order chi connectivity index (χ0) is 14.7. The highest BCUT2D eigenvalue weighted by Crippen LogP contribution is 2.34. The monoisotopic (exact) mass is 341 g/mol. The number of methoxy groups -OCH3 is 1. The van der Waals surface area contributed by atoms with E-state index in [0.717, 1.165) is 15.8 Å². The third kappa shape index (κ3) is 3.12. The van der Waals surface area contributed by atoms with E-state index in [1.807, 2.05) is 18.2 Å². The first kappa shape index (κ1) is 14.8. The molecule has 5 nitrogen and oxygen atoms in total. The molecule has 2 rings (SSSR count). The topological polar surface area (TPSA) is 75.6 Å². The SMILES string of the molecule is COc1ccc(CNC(=O)C2CCC2C(=O)O)cc1Br. The van der Waals surface area contributed by atoms with Crippen LogP contribution in [-0.4, -0.2) is 24.1 Å². The summed E-state index contributed by atoms with van der Waals surface area (Å²) in [5.41, 5.74) is 0.928. The molecule has 1 aliphatic carbocycles. The van der Waals surface area contributed by atoms with Crippen molar-refractivity contribution < 1.29 is 19.4 Å². The number of aliphatic carboxylic acids is 1. The molecule has 0 spiro atoms. The molecular weight excluding hydrogens is 326 g/mol. The van der Waals surface area contributed by atoms with Crippen LogP contribution in [0, 0.1) is 11.8 Å². The molecule has 20 heavy (non-hydrogen) atoms. The van der Waals surface area contributed by atoms with E-state index in [-0.39, 0.29) is 5.91 Å². The fourth-order valence-electron chi connectivity index (χ4n) is 2.25. The van der Waals surface area contributed by atoms with Gasteiger partial charge in [-0.25, -0.2) is 0 Å². The van der Waals surface area contributed by atoms with E-state index < -0.39 is 17.8 Å². The summed E-state index contributed by atoms with van der Waals surface area (Å²) in [4.78, 5) is 22.8. The smallest absolute Gasteiger partial charge is 0.307 e. The van der Waals surface area contributed by atoms with E-state index in [1.165, 1.54) is 0 Å². The molecule has 1 saturated carbocycles. The molecule has 1 fully saturated rings. The third-order valence-electron chi connectivity index (χ3n) is 3.61. The molecular formula is C14H16BrNO4. The zero-order valence-corrected chi connectivity index (χ0v) is 12.6. The van der Waals surface area contributed by atoms with Gasteiger partial charge in [0.25, 0.3) is 0 Å². The lowest BCUT2D eigenvalue weighted by molar-refractivity contribution is -0.152. The van der Waals surface area contributed by atoms with Gasteiger partial charge >= 0.3 is 5.97 Å². The Labute approximate surface area is 125 Å². The second-order valence-corrected chi connectivity index (χ2v) is 5.67. The highest BCUT2D eigenvalue weighted by atomic mass is 79.9. The largest absolute Gasteiger partial charge is 0.496 e. The molecule has 2 atom stereocenters. The molecule has 108 valence electrons. The Morgan fingerprint density at radius 2 is 2.10 bits per heavy atom. The number of carboxylic acids is 1. The summed E-state index contributed by atoms with van der Waals surface area (Å²) in [5.74, 6) is -1.27. The minimum atomic E-state index is -0.886. The van der Waals surface area contributed by atoms with Gasteiger partial charge in [-0.2, -0.15) is 0 Å². The minimum Gasteiger partial charge on any atom is -0.496 e. The van der Waals surface area contributed by atoms with Crippen LogP contribution in [-0.2, 0) is 16.1 Å². The van der Waals surface area contributed by atoms with Crippen LogP contribution < -0.4 is 10.1 Å². The van der Waals surface area contributed by atoms with E-state index in [9.17, 15) is 9.59 Å². The van der Waals surface area contributed by atoms with Gasteiger partial charge in [-0.15, -0.1) is 0 Å². The Morgan fingerprint density at radius 1 is 1.40 bits per heavy atom. The number of ether oxygens (including phenoxy) is 1. The van der Waals surface area contributed by atoms with Crippen molar-refractivity contribution in [2.45, 2.75) is 19.4 Å². The predicted octanol–water partition coefficient (Wildman–Crippen LogP) is 2.18. The number of halogens is 1. The lowest BCUT2D eigenvalue weighted by Crippen LogP contribution is -2.43. The fourth-order valence-corrected chi connectivity index (χ4v) is 2.84. The summed E-state index contributed by atoms with van der Waals surface area (Å²) in [5, 5.41) is 11.7. The van der Waals surface area contributed by atoms with E-state index in [1.54, 1.807) is 7.11 Å². The molecule has 0 bridgehead atoms. The van der Waals surface area contributed by atoms with Gasteiger partial charge in [0.05, 0.1) is 23.4 Å². The van der Waals surface area contributed by atoms with E-state index >= 15 is 0 Å². The average molecular weight is 342 g/mol. The molecule has 0 heterocycles.